The first-order valence-electron chi connectivity index (χ1n) is 3.85. The molecule has 0 aliphatic rings. The van der Waals surface area contributed by atoms with Crippen molar-refractivity contribution < 1.29 is 33.0 Å². The minimum Gasteiger partial charge on any atom is -0.479 e. The van der Waals surface area contributed by atoms with Crippen molar-refractivity contribution in [3.05, 3.63) is 0 Å². The van der Waals surface area contributed by atoms with E-state index in [9.17, 15) is 22.8 Å². The molecular weight excluding hydrogens is 237 g/mol. The molecule has 4 nitrogen and oxygen atoms in total. The van der Waals surface area contributed by atoms with Crippen molar-refractivity contribution in [3.63, 3.8) is 0 Å². The van der Waals surface area contributed by atoms with Gasteiger partial charge in [0.1, 0.15) is 0 Å². The summed E-state index contributed by atoms with van der Waals surface area (Å²) in [6.07, 6.45) is -8.07. The molecule has 1 unspecified atom stereocenters. The van der Waals surface area contributed by atoms with Crippen LogP contribution in [0.3, 0.4) is 0 Å². The molecule has 0 rings (SSSR count). The number of carbonyl (C=O) groups is 2. The Kier molecular flexibility index (Phi) is 5.66. The van der Waals surface area contributed by atoms with Gasteiger partial charge in [0, 0.05) is 12.2 Å². The third-order valence-electron chi connectivity index (χ3n) is 1.30. The van der Waals surface area contributed by atoms with Crippen LogP contribution in [0.25, 0.3) is 0 Å². The van der Waals surface area contributed by atoms with Crippen LogP contribution >= 0.6 is 11.8 Å². The molecule has 8 heteroatoms. The SMILES string of the molecule is O=C(CCC(F)(F)F)SCC(O)C(=O)O. The van der Waals surface area contributed by atoms with Gasteiger partial charge >= 0.3 is 12.1 Å². The van der Waals surface area contributed by atoms with Crippen LogP contribution in [0.1, 0.15) is 12.8 Å². The molecular formula is C7H9F3O4S. The summed E-state index contributed by atoms with van der Waals surface area (Å²) in [6.45, 7) is 0. The summed E-state index contributed by atoms with van der Waals surface area (Å²) in [5, 5.41) is 16.1. The number of hydrogen-bond donors (Lipinski definition) is 2. The van der Waals surface area contributed by atoms with Gasteiger partial charge in [-0.25, -0.2) is 4.79 Å². The number of hydrogen-bond acceptors (Lipinski definition) is 4. The molecule has 0 fully saturated rings. The summed E-state index contributed by atoms with van der Waals surface area (Å²) in [7, 11) is 0. The van der Waals surface area contributed by atoms with E-state index in [-0.39, 0.29) is 0 Å². The van der Waals surface area contributed by atoms with Crippen LogP contribution in [0, 0.1) is 0 Å². The van der Waals surface area contributed by atoms with Gasteiger partial charge in [0.25, 0.3) is 0 Å². The molecule has 0 aliphatic carbocycles. The summed E-state index contributed by atoms with van der Waals surface area (Å²) in [5.74, 6) is -1.95. The van der Waals surface area contributed by atoms with Crippen LogP contribution in [0.15, 0.2) is 0 Å². The van der Waals surface area contributed by atoms with E-state index in [0.717, 1.165) is 0 Å². The van der Waals surface area contributed by atoms with Gasteiger partial charge in [-0.2, -0.15) is 13.2 Å². The number of halogens is 3. The summed E-state index contributed by atoms with van der Waals surface area (Å²) < 4.78 is 34.9. The van der Waals surface area contributed by atoms with E-state index in [1.165, 1.54) is 0 Å². The minimum absolute atomic E-state index is 0.384. The molecule has 0 saturated carbocycles. The first kappa shape index (κ1) is 14.2. The number of aliphatic hydroxyl groups excluding tert-OH is 1. The van der Waals surface area contributed by atoms with E-state index >= 15 is 0 Å². The fourth-order valence-corrected chi connectivity index (χ4v) is 1.29. The second kappa shape index (κ2) is 5.96. The Morgan fingerprint density at radius 2 is 1.87 bits per heavy atom. The molecule has 0 bridgehead atoms. The van der Waals surface area contributed by atoms with Gasteiger partial charge in [-0.05, 0) is 0 Å². The molecule has 88 valence electrons. The van der Waals surface area contributed by atoms with E-state index in [1.54, 1.807) is 0 Å². The molecule has 2 N–H and O–H groups in total. The lowest BCUT2D eigenvalue weighted by Crippen LogP contribution is -2.22. The highest BCUT2D eigenvalue weighted by Gasteiger charge is 2.28. The minimum atomic E-state index is -4.40. The van der Waals surface area contributed by atoms with Gasteiger partial charge < -0.3 is 10.2 Å². The molecule has 0 aromatic heterocycles. The van der Waals surface area contributed by atoms with Crippen molar-refractivity contribution in [2.24, 2.45) is 0 Å². The van der Waals surface area contributed by atoms with Gasteiger partial charge in [-0.3, -0.25) is 4.79 Å². The van der Waals surface area contributed by atoms with Crippen molar-refractivity contribution in [2.75, 3.05) is 5.75 Å². The van der Waals surface area contributed by atoms with E-state index in [4.69, 9.17) is 10.2 Å². The summed E-state index contributed by atoms with van der Waals surface area (Å²) in [4.78, 5) is 20.8. The topological polar surface area (TPSA) is 74.6 Å². The highest BCUT2D eigenvalue weighted by molar-refractivity contribution is 8.13. The Bertz CT molecular complexity index is 241. The second-order valence-corrected chi connectivity index (χ2v) is 3.73. The zero-order valence-corrected chi connectivity index (χ0v) is 8.27. The zero-order chi connectivity index (χ0) is 12.1. The first-order chi connectivity index (χ1) is 6.72. The standard InChI is InChI=1S/C7H9F3O4S/c8-7(9,10)2-1-5(12)15-3-4(11)6(13)14/h4,11H,1-3H2,(H,13,14). The highest BCUT2D eigenvalue weighted by atomic mass is 32.2. The Morgan fingerprint density at radius 3 is 2.27 bits per heavy atom. The van der Waals surface area contributed by atoms with Crippen LogP contribution in [-0.2, 0) is 9.59 Å². The number of carboxylic acid groups (broad SMARTS) is 1. The van der Waals surface area contributed by atoms with Crippen molar-refractivity contribution in [3.8, 4) is 0 Å². The second-order valence-electron chi connectivity index (χ2n) is 2.65. The predicted octanol–water partition coefficient (Wildman–Crippen LogP) is 1.03. The Labute approximate surface area is 87.5 Å². The summed E-state index contributed by atoms with van der Waals surface area (Å²) >= 11 is 0.384. The molecule has 0 aromatic carbocycles. The normalized spacial score (nSPS) is 13.6. The first-order valence-corrected chi connectivity index (χ1v) is 4.84. The van der Waals surface area contributed by atoms with E-state index in [0.29, 0.717) is 11.8 Å². The van der Waals surface area contributed by atoms with E-state index in [2.05, 4.69) is 0 Å². The predicted molar refractivity (Wildman–Crippen MR) is 46.4 cm³/mol. The Balaban J connectivity index is 3.72. The molecule has 0 amide bonds. The smallest absolute Gasteiger partial charge is 0.389 e. The van der Waals surface area contributed by atoms with Gasteiger partial charge in [-0.1, -0.05) is 11.8 Å². The Morgan fingerprint density at radius 1 is 1.33 bits per heavy atom. The summed E-state index contributed by atoms with van der Waals surface area (Å²) in [6, 6.07) is 0. The van der Waals surface area contributed by atoms with Crippen molar-refractivity contribution >= 4 is 22.8 Å². The fourth-order valence-electron chi connectivity index (χ4n) is 0.559. The maximum absolute atomic E-state index is 11.6. The monoisotopic (exact) mass is 246 g/mol. The molecule has 0 spiro atoms. The van der Waals surface area contributed by atoms with Crippen LogP contribution in [0.4, 0.5) is 13.2 Å². The third kappa shape index (κ3) is 8.25. The van der Waals surface area contributed by atoms with Crippen molar-refractivity contribution in [1.29, 1.82) is 0 Å². The van der Waals surface area contributed by atoms with Crippen LogP contribution in [0.5, 0.6) is 0 Å². The molecule has 0 aromatic rings. The highest BCUT2D eigenvalue weighted by Crippen LogP contribution is 2.23. The maximum atomic E-state index is 11.6. The molecule has 15 heavy (non-hydrogen) atoms. The fraction of sp³-hybridized carbons (Fsp3) is 0.714. The van der Waals surface area contributed by atoms with Gasteiger partial charge in [0.05, 0.1) is 6.42 Å². The van der Waals surface area contributed by atoms with E-state index < -0.39 is 42.0 Å². The van der Waals surface area contributed by atoms with Gasteiger partial charge in [0.2, 0.25) is 0 Å². The molecule has 0 aliphatic heterocycles. The largest absolute Gasteiger partial charge is 0.479 e. The zero-order valence-electron chi connectivity index (χ0n) is 7.45. The lowest BCUT2D eigenvalue weighted by Gasteiger charge is -2.06. The van der Waals surface area contributed by atoms with Crippen LogP contribution in [0.2, 0.25) is 0 Å². The molecule has 0 heterocycles. The number of alkyl halides is 3. The Hall–Kier alpha value is -0.760. The summed E-state index contributed by atoms with van der Waals surface area (Å²) in [5.41, 5.74) is 0. The number of thioether (sulfide) groups is 1. The van der Waals surface area contributed by atoms with Crippen molar-refractivity contribution in [1.82, 2.24) is 0 Å². The van der Waals surface area contributed by atoms with E-state index in [1.807, 2.05) is 0 Å². The van der Waals surface area contributed by atoms with Crippen molar-refractivity contribution in [2.45, 2.75) is 25.1 Å². The number of carboxylic acids is 1. The van der Waals surface area contributed by atoms with Gasteiger partial charge in [0.15, 0.2) is 11.2 Å². The van der Waals surface area contributed by atoms with Gasteiger partial charge in [-0.15, -0.1) is 0 Å². The quantitative estimate of drug-likeness (QED) is 0.758. The molecule has 1 atom stereocenters. The average Bonchev–Trinajstić information content (AvgIpc) is 2.09. The number of aliphatic carboxylic acids is 1. The third-order valence-corrected chi connectivity index (χ3v) is 2.31. The molecule has 0 saturated heterocycles. The van der Waals surface area contributed by atoms with Crippen LogP contribution in [-0.4, -0.2) is 39.3 Å². The number of carbonyl (C=O) groups excluding carboxylic acids is 1. The lowest BCUT2D eigenvalue weighted by atomic mass is 10.3. The average molecular weight is 246 g/mol. The maximum Gasteiger partial charge on any atom is 0.389 e. The molecule has 0 radical (unpaired) electrons. The lowest BCUT2D eigenvalue weighted by molar-refractivity contribution is -0.145. The number of rotatable bonds is 5. The number of aliphatic hydroxyl groups is 1. The van der Waals surface area contributed by atoms with Crippen LogP contribution < -0.4 is 0 Å².